The largest absolute Gasteiger partial charge is 0.341 e. The van der Waals surface area contributed by atoms with Crippen LogP contribution < -0.4 is 10.6 Å². The average Bonchev–Trinajstić information content (AvgIpc) is 3.13. The Balaban J connectivity index is 1.55. The molecule has 0 radical (unpaired) electrons. The van der Waals surface area contributed by atoms with Crippen molar-refractivity contribution < 1.29 is 24.0 Å². The lowest BCUT2D eigenvalue weighted by Gasteiger charge is -2.39. The monoisotopic (exact) mass is 412 g/mol. The number of nitrogens with zero attached hydrogens (tertiary/aromatic N) is 2. The topological polar surface area (TPSA) is 116 Å². The quantitative estimate of drug-likeness (QED) is 0.563. The minimum Gasteiger partial charge on any atom is -0.341 e. The van der Waals surface area contributed by atoms with Crippen LogP contribution in [0.3, 0.4) is 0 Å². The summed E-state index contributed by atoms with van der Waals surface area (Å²) in [6.07, 6.45) is 0.919. The molecule has 0 aromatic heterocycles. The summed E-state index contributed by atoms with van der Waals surface area (Å²) in [6.45, 7) is 4.37. The van der Waals surface area contributed by atoms with Gasteiger partial charge in [-0.15, -0.1) is 0 Å². The summed E-state index contributed by atoms with van der Waals surface area (Å²) in [5, 5.41) is 4.91. The molecule has 158 valence electrons. The molecule has 4 rings (SSSR count). The highest BCUT2D eigenvalue weighted by atomic mass is 16.2. The van der Waals surface area contributed by atoms with Crippen molar-refractivity contribution in [2.45, 2.75) is 44.7 Å². The smallest absolute Gasteiger partial charge is 0.322 e. The first kappa shape index (κ1) is 20.1. The van der Waals surface area contributed by atoms with E-state index in [0.29, 0.717) is 17.5 Å². The predicted molar refractivity (Wildman–Crippen MR) is 105 cm³/mol. The number of amides is 6. The lowest BCUT2D eigenvalue weighted by molar-refractivity contribution is -0.139. The van der Waals surface area contributed by atoms with Gasteiger partial charge in [-0.1, -0.05) is 26.0 Å². The zero-order chi connectivity index (χ0) is 21.6. The molecule has 1 aromatic rings. The Morgan fingerprint density at radius 1 is 1.03 bits per heavy atom. The van der Waals surface area contributed by atoms with Crippen LogP contribution in [0.4, 0.5) is 4.79 Å². The van der Waals surface area contributed by atoms with Gasteiger partial charge in [0, 0.05) is 13.1 Å². The SMILES string of the molecule is CC(C)C[C@@H](C(=O)N1CCC2(CC1)NC(=O)NC2=O)N1C(=O)c2ccccc2C1=O. The first-order valence-electron chi connectivity index (χ1n) is 10.1. The van der Waals surface area contributed by atoms with Crippen LogP contribution in [-0.4, -0.2) is 64.1 Å². The first-order chi connectivity index (χ1) is 14.2. The molecule has 2 saturated heterocycles. The molecule has 2 N–H and O–H groups in total. The van der Waals surface area contributed by atoms with Crippen molar-refractivity contribution in [3.8, 4) is 0 Å². The van der Waals surface area contributed by atoms with Gasteiger partial charge in [-0.25, -0.2) is 4.79 Å². The van der Waals surface area contributed by atoms with Gasteiger partial charge in [-0.3, -0.25) is 29.4 Å². The number of urea groups is 1. The van der Waals surface area contributed by atoms with Crippen molar-refractivity contribution in [3.63, 3.8) is 0 Å². The maximum Gasteiger partial charge on any atom is 0.322 e. The Morgan fingerprint density at radius 3 is 2.07 bits per heavy atom. The number of nitrogens with one attached hydrogen (secondary N) is 2. The molecule has 0 aliphatic carbocycles. The van der Waals surface area contributed by atoms with E-state index < -0.39 is 29.4 Å². The van der Waals surface area contributed by atoms with Crippen LogP contribution in [0.2, 0.25) is 0 Å². The van der Waals surface area contributed by atoms with Gasteiger partial charge in [-0.05, 0) is 37.3 Å². The molecule has 3 heterocycles. The summed E-state index contributed by atoms with van der Waals surface area (Å²) >= 11 is 0. The molecule has 2 fully saturated rings. The molecule has 30 heavy (non-hydrogen) atoms. The Hall–Kier alpha value is -3.23. The molecule has 1 atom stereocenters. The van der Waals surface area contributed by atoms with E-state index in [4.69, 9.17) is 0 Å². The Morgan fingerprint density at radius 2 is 1.60 bits per heavy atom. The zero-order valence-electron chi connectivity index (χ0n) is 16.9. The molecular formula is C21H24N4O5. The van der Waals surface area contributed by atoms with E-state index in [9.17, 15) is 24.0 Å². The standard InChI is InChI=1S/C21H24N4O5/c1-12(2)11-15(25-16(26)13-5-3-4-6-14(13)17(25)27)18(28)24-9-7-21(8-10-24)19(29)22-20(30)23-21/h3-6,12,15H,7-11H2,1-2H3,(H2,22,23,29,30)/t15-/m0/s1. The lowest BCUT2D eigenvalue weighted by atomic mass is 9.87. The van der Waals surface area contributed by atoms with Gasteiger partial charge in [0.05, 0.1) is 11.1 Å². The van der Waals surface area contributed by atoms with Crippen molar-refractivity contribution in [1.29, 1.82) is 0 Å². The molecule has 1 aromatic carbocycles. The normalized spacial score (nSPS) is 21.2. The molecule has 9 heteroatoms. The molecule has 1 spiro atoms. The fourth-order valence-corrected chi connectivity index (χ4v) is 4.45. The predicted octanol–water partition coefficient (Wildman–Crippen LogP) is 0.898. The molecular weight excluding hydrogens is 388 g/mol. The minimum atomic E-state index is -0.989. The highest BCUT2D eigenvalue weighted by Crippen LogP contribution is 2.30. The van der Waals surface area contributed by atoms with Gasteiger partial charge < -0.3 is 10.2 Å². The van der Waals surface area contributed by atoms with Crippen molar-refractivity contribution in [3.05, 3.63) is 35.4 Å². The molecule has 0 unspecified atom stereocenters. The number of likely N-dealkylation sites (tertiary alicyclic amines) is 1. The van der Waals surface area contributed by atoms with E-state index in [-0.39, 0.29) is 43.7 Å². The Labute approximate surface area is 173 Å². The third kappa shape index (κ3) is 3.14. The van der Waals surface area contributed by atoms with E-state index in [1.54, 1.807) is 29.2 Å². The Kier molecular flexibility index (Phi) is 4.83. The maximum absolute atomic E-state index is 13.4. The summed E-state index contributed by atoms with van der Waals surface area (Å²) in [7, 11) is 0. The molecule has 3 aliphatic heterocycles. The van der Waals surface area contributed by atoms with Gasteiger partial charge >= 0.3 is 6.03 Å². The maximum atomic E-state index is 13.4. The average molecular weight is 412 g/mol. The van der Waals surface area contributed by atoms with Gasteiger partial charge in [0.1, 0.15) is 11.6 Å². The first-order valence-corrected chi connectivity index (χ1v) is 10.1. The summed E-state index contributed by atoms with van der Waals surface area (Å²) in [6, 6.07) is 5.15. The number of carbonyl (C=O) groups is 5. The van der Waals surface area contributed by atoms with Gasteiger partial charge in [0.25, 0.3) is 17.7 Å². The summed E-state index contributed by atoms with van der Waals surface area (Å²) < 4.78 is 0. The van der Waals surface area contributed by atoms with Crippen LogP contribution in [0.15, 0.2) is 24.3 Å². The van der Waals surface area contributed by atoms with Gasteiger partial charge in [0.15, 0.2) is 0 Å². The zero-order valence-corrected chi connectivity index (χ0v) is 16.9. The van der Waals surface area contributed by atoms with Crippen molar-refractivity contribution in [2.75, 3.05) is 13.1 Å². The second-order valence-electron chi connectivity index (χ2n) is 8.49. The number of rotatable bonds is 4. The van der Waals surface area contributed by atoms with Crippen LogP contribution in [0.1, 0.15) is 53.8 Å². The summed E-state index contributed by atoms with van der Waals surface area (Å²) in [5.74, 6) is -1.51. The highest BCUT2D eigenvalue weighted by molar-refractivity contribution is 6.22. The number of piperidine rings is 1. The molecule has 0 bridgehead atoms. The van der Waals surface area contributed by atoms with E-state index in [0.717, 1.165) is 4.90 Å². The van der Waals surface area contributed by atoms with Crippen LogP contribution >= 0.6 is 0 Å². The van der Waals surface area contributed by atoms with E-state index >= 15 is 0 Å². The molecule has 3 aliphatic rings. The number of fused-ring (bicyclic) bond motifs is 1. The number of benzene rings is 1. The van der Waals surface area contributed by atoms with E-state index in [2.05, 4.69) is 10.6 Å². The van der Waals surface area contributed by atoms with E-state index in [1.165, 1.54) is 0 Å². The minimum absolute atomic E-state index is 0.0827. The molecule has 6 amide bonds. The van der Waals surface area contributed by atoms with Crippen molar-refractivity contribution in [1.82, 2.24) is 20.4 Å². The van der Waals surface area contributed by atoms with Gasteiger partial charge in [0.2, 0.25) is 5.91 Å². The summed E-state index contributed by atoms with van der Waals surface area (Å²) in [4.78, 5) is 65.6. The van der Waals surface area contributed by atoms with Crippen molar-refractivity contribution >= 4 is 29.7 Å². The lowest BCUT2D eigenvalue weighted by Crippen LogP contribution is -2.59. The highest BCUT2D eigenvalue weighted by Gasteiger charge is 2.50. The molecule has 9 nitrogen and oxygen atoms in total. The fourth-order valence-electron chi connectivity index (χ4n) is 4.45. The fraction of sp³-hybridized carbons (Fsp3) is 0.476. The van der Waals surface area contributed by atoms with E-state index in [1.807, 2.05) is 13.8 Å². The van der Waals surface area contributed by atoms with Gasteiger partial charge in [-0.2, -0.15) is 0 Å². The Bertz CT molecular complexity index is 913. The van der Waals surface area contributed by atoms with Crippen LogP contribution in [0, 0.1) is 5.92 Å². The third-order valence-electron chi connectivity index (χ3n) is 6.06. The summed E-state index contributed by atoms with van der Waals surface area (Å²) in [5.41, 5.74) is -0.365. The van der Waals surface area contributed by atoms with Crippen LogP contribution in [0.5, 0.6) is 0 Å². The van der Waals surface area contributed by atoms with Crippen LogP contribution in [-0.2, 0) is 9.59 Å². The van der Waals surface area contributed by atoms with Crippen molar-refractivity contribution in [2.24, 2.45) is 5.92 Å². The number of hydrogen-bond acceptors (Lipinski definition) is 5. The molecule has 0 saturated carbocycles. The number of hydrogen-bond donors (Lipinski definition) is 2. The number of imide groups is 2. The third-order valence-corrected chi connectivity index (χ3v) is 6.06. The van der Waals surface area contributed by atoms with Crippen LogP contribution in [0.25, 0.3) is 0 Å². The second kappa shape index (κ2) is 7.23. The number of carbonyl (C=O) groups excluding carboxylic acids is 5. The second-order valence-corrected chi connectivity index (χ2v) is 8.49.